The van der Waals surface area contributed by atoms with Crippen LogP contribution in [0.15, 0.2) is 48.5 Å². The Kier molecular flexibility index (Phi) is 4.04. The zero-order valence-electron chi connectivity index (χ0n) is 11.2. The molecule has 3 rings (SSSR count). The van der Waals surface area contributed by atoms with Gasteiger partial charge in [-0.2, -0.15) is 0 Å². The highest BCUT2D eigenvalue weighted by atomic mass is 35.5. The lowest BCUT2D eigenvalue weighted by Gasteiger charge is -2.33. The van der Waals surface area contributed by atoms with Gasteiger partial charge in [-0.1, -0.05) is 41.9 Å². The van der Waals surface area contributed by atoms with Crippen LogP contribution in [0.2, 0.25) is 5.02 Å². The van der Waals surface area contributed by atoms with Crippen molar-refractivity contribution in [3.63, 3.8) is 0 Å². The Morgan fingerprint density at radius 3 is 2.50 bits per heavy atom. The summed E-state index contributed by atoms with van der Waals surface area (Å²) in [5.41, 5.74) is 2.05. The average molecular weight is 290 g/mol. The Bertz CT molecular complexity index is 582. The van der Waals surface area contributed by atoms with Crippen LogP contribution in [0.4, 0.5) is 4.39 Å². The fourth-order valence-electron chi connectivity index (χ4n) is 3.07. The Morgan fingerprint density at radius 2 is 1.75 bits per heavy atom. The third kappa shape index (κ3) is 2.72. The van der Waals surface area contributed by atoms with E-state index in [0.717, 1.165) is 30.1 Å². The van der Waals surface area contributed by atoms with E-state index in [9.17, 15) is 4.39 Å². The molecule has 1 aliphatic heterocycles. The van der Waals surface area contributed by atoms with Crippen molar-refractivity contribution in [2.75, 3.05) is 13.1 Å². The summed E-state index contributed by atoms with van der Waals surface area (Å²) < 4.78 is 14.1. The van der Waals surface area contributed by atoms with Crippen molar-refractivity contribution in [2.24, 2.45) is 0 Å². The van der Waals surface area contributed by atoms with E-state index in [4.69, 9.17) is 11.6 Å². The van der Waals surface area contributed by atoms with Crippen LogP contribution in [-0.4, -0.2) is 13.1 Å². The van der Waals surface area contributed by atoms with Gasteiger partial charge in [0.05, 0.1) is 0 Å². The van der Waals surface area contributed by atoms with Crippen molar-refractivity contribution < 1.29 is 4.39 Å². The minimum absolute atomic E-state index is 0.111. The van der Waals surface area contributed by atoms with Gasteiger partial charge in [0.15, 0.2) is 0 Å². The Morgan fingerprint density at radius 1 is 1.00 bits per heavy atom. The van der Waals surface area contributed by atoms with Gasteiger partial charge in [-0.05, 0) is 48.2 Å². The lowest BCUT2D eigenvalue weighted by molar-refractivity contribution is 0.393. The van der Waals surface area contributed by atoms with Gasteiger partial charge in [-0.25, -0.2) is 4.39 Å². The second kappa shape index (κ2) is 5.94. The summed E-state index contributed by atoms with van der Waals surface area (Å²) in [6.07, 6.45) is 1.01. The van der Waals surface area contributed by atoms with E-state index in [1.54, 1.807) is 12.1 Å². The first-order valence-corrected chi connectivity index (χ1v) is 7.34. The molecule has 104 valence electrons. The largest absolute Gasteiger partial charge is 0.316 e. The van der Waals surface area contributed by atoms with Crippen LogP contribution in [0, 0.1) is 5.82 Å². The SMILES string of the molecule is Fc1ccccc1C1CNCCC1c1ccc(Cl)cc1. The van der Waals surface area contributed by atoms with Crippen molar-refractivity contribution >= 4 is 11.6 Å². The summed E-state index contributed by atoms with van der Waals surface area (Å²) in [5, 5.41) is 4.12. The predicted molar refractivity (Wildman–Crippen MR) is 80.8 cm³/mol. The second-order valence-electron chi connectivity index (χ2n) is 5.28. The van der Waals surface area contributed by atoms with Crippen LogP contribution < -0.4 is 5.32 Å². The molecule has 2 aromatic carbocycles. The lowest BCUT2D eigenvalue weighted by Crippen LogP contribution is -2.34. The number of hydrogen-bond acceptors (Lipinski definition) is 1. The van der Waals surface area contributed by atoms with Crippen LogP contribution in [0.5, 0.6) is 0 Å². The average Bonchev–Trinajstić information content (AvgIpc) is 2.49. The molecule has 1 N–H and O–H groups in total. The summed E-state index contributed by atoms with van der Waals surface area (Å²) in [6, 6.07) is 15.0. The van der Waals surface area contributed by atoms with Crippen molar-refractivity contribution in [1.29, 1.82) is 0 Å². The molecule has 0 spiro atoms. The summed E-state index contributed by atoms with van der Waals surface area (Å²) >= 11 is 5.96. The van der Waals surface area contributed by atoms with Crippen LogP contribution in [-0.2, 0) is 0 Å². The molecule has 2 unspecified atom stereocenters. The zero-order chi connectivity index (χ0) is 13.9. The molecule has 0 amide bonds. The quantitative estimate of drug-likeness (QED) is 0.867. The molecule has 0 aliphatic carbocycles. The summed E-state index contributed by atoms with van der Waals surface area (Å²) in [4.78, 5) is 0. The highest BCUT2D eigenvalue weighted by Gasteiger charge is 2.29. The highest BCUT2D eigenvalue weighted by Crippen LogP contribution is 2.38. The summed E-state index contributed by atoms with van der Waals surface area (Å²) in [7, 11) is 0. The van der Waals surface area contributed by atoms with E-state index < -0.39 is 0 Å². The molecule has 0 aromatic heterocycles. The molecule has 1 nitrogen and oxygen atoms in total. The van der Waals surface area contributed by atoms with Crippen molar-refractivity contribution in [3.8, 4) is 0 Å². The third-order valence-electron chi connectivity index (χ3n) is 4.08. The second-order valence-corrected chi connectivity index (χ2v) is 5.72. The normalized spacial score (nSPS) is 22.7. The maximum atomic E-state index is 14.1. The predicted octanol–water partition coefficient (Wildman–Crippen LogP) is 4.34. The van der Waals surface area contributed by atoms with Crippen LogP contribution in [0.25, 0.3) is 0 Å². The molecule has 0 radical (unpaired) electrons. The molecule has 2 aromatic rings. The van der Waals surface area contributed by atoms with Gasteiger partial charge in [0.25, 0.3) is 0 Å². The first kappa shape index (κ1) is 13.6. The Balaban J connectivity index is 1.95. The van der Waals surface area contributed by atoms with E-state index in [1.165, 1.54) is 5.56 Å². The van der Waals surface area contributed by atoms with Gasteiger partial charge in [0, 0.05) is 17.5 Å². The molecular weight excluding hydrogens is 273 g/mol. The molecule has 3 heteroatoms. The molecule has 1 aliphatic rings. The number of halogens is 2. The molecule has 1 heterocycles. The van der Waals surface area contributed by atoms with Gasteiger partial charge in [-0.3, -0.25) is 0 Å². The fraction of sp³-hybridized carbons (Fsp3) is 0.294. The minimum Gasteiger partial charge on any atom is -0.316 e. The Hall–Kier alpha value is -1.38. The maximum absolute atomic E-state index is 14.1. The number of benzene rings is 2. The van der Waals surface area contributed by atoms with E-state index in [1.807, 2.05) is 24.3 Å². The van der Waals surface area contributed by atoms with Gasteiger partial charge in [-0.15, -0.1) is 0 Å². The highest BCUT2D eigenvalue weighted by molar-refractivity contribution is 6.30. The van der Waals surface area contributed by atoms with Crippen molar-refractivity contribution in [1.82, 2.24) is 5.32 Å². The van der Waals surface area contributed by atoms with Gasteiger partial charge in [0.1, 0.15) is 5.82 Å². The Labute approximate surface area is 123 Å². The molecule has 0 saturated carbocycles. The van der Waals surface area contributed by atoms with E-state index in [0.29, 0.717) is 5.92 Å². The molecular formula is C17H17ClFN. The van der Waals surface area contributed by atoms with Crippen LogP contribution in [0.3, 0.4) is 0 Å². The van der Waals surface area contributed by atoms with E-state index >= 15 is 0 Å². The number of nitrogens with one attached hydrogen (secondary N) is 1. The first-order chi connectivity index (χ1) is 9.75. The zero-order valence-corrected chi connectivity index (χ0v) is 11.9. The molecule has 2 atom stereocenters. The first-order valence-electron chi connectivity index (χ1n) is 6.96. The lowest BCUT2D eigenvalue weighted by atomic mass is 9.77. The summed E-state index contributed by atoms with van der Waals surface area (Å²) in [6.45, 7) is 1.78. The standard InChI is InChI=1S/C17H17ClFN/c18-13-7-5-12(6-8-13)14-9-10-20-11-16(14)15-3-1-2-4-17(15)19/h1-8,14,16,20H,9-11H2. The van der Waals surface area contributed by atoms with E-state index in [2.05, 4.69) is 17.4 Å². The van der Waals surface area contributed by atoms with E-state index in [-0.39, 0.29) is 11.7 Å². The van der Waals surface area contributed by atoms with Crippen molar-refractivity contribution in [2.45, 2.75) is 18.3 Å². The number of piperidine rings is 1. The van der Waals surface area contributed by atoms with Gasteiger partial charge < -0.3 is 5.32 Å². The maximum Gasteiger partial charge on any atom is 0.126 e. The molecule has 1 fully saturated rings. The number of rotatable bonds is 2. The van der Waals surface area contributed by atoms with Gasteiger partial charge >= 0.3 is 0 Å². The smallest absolute Gasteiger partial charge is 0.126 e. The van der Waals surface area contributed by atoms with Gasteiger partial charge in [0.2, 0.25) is 0 Å². The van der Waals surface area contributed by atoms with Crippen molar-refractivity contribution in [3.05, 3.63) is 70.5 Å². The topological polar surface area (TPSA) is 12.0 Å². The number of hydrogen-bond donors (Lipinski definition) is 1. The van der Waals surface area contributed by atoms with Crippen LogP contribution in [0.1, 0.15) is 29.4 Å². The molecule has 1 saturated heterocycles. The molecule has 20 heavy (non-hydrogen) atoms. The third-order valence-corrected chi connectivity index (χ3v) is 4.34. The summed E-state index contributed by atoms with van der Waals surface area (Å²) in [5.74, 6) is 0.400. The fourth-order valence-corrected chi connectivity index (χ4v) is 3.20. The monoisotopic (exact) mass is 289 g/mol. The molecule has 0 bridgehead atoms. The minimum atomic E-state index is -0.111. The van der Waals surface area contributed by atoms with Crippen LogP contribution >= 0.6 is 11.6 Å².